The highest BCUT2D eigenvalue weighted by atomic mass is 19.1. The number of nitrogen functional groups attached to an aromatic ring is 1. The zero-order valence-corrected chi connectivity index (χ0v) is 11.1. The number of benzene rings is 2. The number of nitrogens with one attached hydrogen (secondary N) is 1. The first-order valence-corrected chi connectivity index (χ1v) is 6.17. The summed E-state index contributed by atoms with van der Waals surface area (Å²) in [4.78, 5) is 13.7. The topological polar surface area (TPSA) is 58.4 Å². The number of hydrogen-bond donors (Lipinski definition) is 2. The van der Waals surface area contributed by atoms with E-state index in [0.717, 1.165) is 5.69 Å². The Labute approximate surface area is 117 Å². The van der Waals surface area contributed by atoms with Crippen molar-refractivity contribution in [1.29, 1.82) is 0 Å². The number of hydrogen-bond acceptors (Lipinski definition) is 3. The second-order valence-electron chi connectivity index (χ2n) is 4.47. The molecule has 5 heteroatoms. The van der Waals surface area contributed by atoms with Crippen molar-refractivity contribution in [3.05, 3.63) is 54.3 Å². The molecule has 3 N–H and O–H groups in total. The first-order chi connectivity index (χ1) is 9.56. The third-order valence-corrected chi connectivity index (χ3v) is 2.87. The maximum Gasteiger partial charge on any atom is 0.243 e. The van der Waals surface area contributed by atoms with Crippen LogP contribution in [0.15, 0.2) is 48.5 Å². The van der Waals surface area contributed by atoms with E-state index < -0.39 is 5.82 Å². The van der Waals surface area contributed by atoms with Crippen LogP contribution in [0, 0.1) is 5.82 Å². The lowest BCUT2D eigenvalue weighted by Gasteiger charge is -2.19. The highest BCUT2D eigenvalue weighted by molar-refractivity contribution is 5.96. The van der Waals surface area contributed by atoms with Gasteiger partial charge in [-0.05, 0) is 30.3 Å². The molecule has 104 valence electrons. The van der Waals surface area contributed by atoms with Crippen LogP contribution >= 0.6 is 0 Å². The van der Waals surface area contributed by atoms with Crippen LogP contribution < -0.4 is 16.0 Å². The minimum atomic E-state index is -0.439. The molecule has 0 radical (unpaired) electrons. The quantitative estimate of drug-likeness (QED) is 0.841. The van der Waals surface area contributed by atoms with Crippen molar-refractivity contribution >= 4 is 23.0 Å². The van der Waals surface area contributed by atoms with Crippen LogP contribution in [-0.4, -0.2) is 19.5 Å². The van der Waals surface area contributed by atoms with Crippen LogP contribution in [-0.2, 0) is 4.79 Å². The number of nitrogens with two attached hydrogens (primary N) is 1. The van der Waals surface area contributed by atoms with Gasteiger partial charge in [0.1, 0.15) is 5.82 Å². The van der Waals surface area contributed by atoms with Crippen LogP contribution in [0.1, 0.15) is 0 Å². The Kier molecular flexibility index (Phi) is 4.20. The maximum absolute atomic E-state index is 13.1. The molecule has 20 heavy (non-hydrogen) atoms. The van der Waals surface area contributed by atoms with Gasteiger partial charge in [-0.15, -0.1) is 0 Å². The van der Waals surface area contributed by atoms with E-state index in [1.807, 2.05) is 37.4 Å². The summed E-state index contributed by atoms with van der Waals surface area (Å²) in [6.45, 7) is 0.153. The molecule has 2 aromatic rings. The van der Waals surface area contributed by atoms with Gasteiger partial charge in [-0.2, -0.15) is 0 Å². The van der Waals surface area contributed by atoms with Gasteiger partial charge in [-0.1, -0.05) is 18.2 Å². The summed E-state index contributed by atoms with van der Waals surface area (Å²) in [5, 5.41) is 2.61. The Hall–Kier alpha value is -2.56. The molecule has 0 atom stereocenters. The molecular weight excluding hydrogens is 257 g/mol. The number of nitrogens with zero attached hydrogens (tertiary/aromatic N) is 1. The molecule has 0 fully saturated rings. The average Bonchev–Trinajstić information content (AvgIpc) is 2.43. The molecule has 0 saturated heterocycles. The molecule has 1 amide bonds. The molecule has 0 aliphatic heterocycles. The van der Waals surface area contributed by atoms with E-state index >= 15 is 0 Å². The molecular formula is C15H16FN3O. The van der Waals surface area contributed by atoms with E-state index in [2.05, 4.69) is 5.32 Å². The number of halogens is 1. The summed E-state index contributed by atoms with van der Waals surface area (Å²) in [5.41, 5.74) is 7.23. The molecule has 0 heterocycles. The molecule has 0 aromatic heterocycles. The van der Waals surface area contributed by atoms with Crippen LogP contribution in [0.25, 0.3) is 0 Å². The number of para-hydroxylation sites is 1. The van der Waals surface area contributed by atoms with Gasteiger partial charge < -0.3 is 16.0 Å². The Morgan fingerprint density at radius 2 is 1.95 bits per heavy atom. The van der Waals surface area contributed by atoms with Crippen molar-refractivity contribution in [2.45, 2.75) is 0 Å². The number of rotatable bonds is 4. The standard InChI is InChI=1S/C15H16FN3O/c1-19(12-5-3-2-4-6-12)10-15(20)18-14-9-11(16)7-8-13(14)17/h2-9H,10,17H2,1H3,(H,18,20). The molecule has 0 saturated carbocycles. The Balaban J connectivity index is 2.01. The Morgan fingerprint density at radius 1 is 1.25 bits per heavy atom. The SMILES string of the molecule is CN(CC(=O)Nc1cc(F)ccc1N)c1ccccc1. The molecule has 0 aliphatic carbocycles. The van der Waals surface area contributed by atoms with E-state index in [1.165, 1.54) is 18.2 Å². The summed E-state index contributed by atoms with van der Waals surface area (Å²) in [6, 6.07) is 13.4. The Bertz CT molecular complexity index is 601. The second kappa shape index (κ2) is 6.06. The summed E-state index contributed by atoms with van der Waals surface area (Å²) >= 11 is 0. The number of anilines is 3. The summed E-state index contributed by atoms with van der Waals surface area (Å²) in [7, 11) is 1.81. The van der Waals surface area contributed by atoms with Crippen molar-refractivity contribution in [2.75, 3.05) is 29.5 Å². The largest absolute Gasteiger partial charge is 0.397 e. The van der Waals surface area contributed by atoms with E-state index in [9.17, 15) is 9.18 Å². The first kappa shape index (κ1) is 13.9. The van der Waals surface area contributed by atoms with Gasteiger partial charge in [0.05, 0.1) is 17.9 Å². The minimum Gasteiger partial charge on any atom is -0.397 e. The van der Waals surface area contributed by atoms with Crippen molar-refractivity contribution in [1.82, 2.24) is 0 Å². The van der Waals surface area contributed by atoms with Crippen LogP contribution in [0.2, 0.25) is 0 Å². The highest BCUT2D eigenvalue weighted by Gasteiger charge is 2.09. The fourth-order valence-electron chi connectivity index (χ4n) is 1.82. The summed E-state index contributed by atoms with van der Waals surface area (Å²) < 4.78 is 13.1. The lowest BCUT2D eigenvalue weighted by atomic mass is 10.2. The molecule has 0 spiro atoms. The minimum absolute atomic E-state index is 0.153. The molecule has 4 nitrogen and oxygen atoms in total. The van der Waals surface area contributed by atoms with E-state index in [4.69, 9.17) is 5.73 Å². The fraction of sp³-hybridized carbons (Fsp3) is 0.133. The third kappa shape index (κ3) is 3.47. The lowest BCUT2D eigenvalue weighted by molar-refractivity contribution is -0.114. The van der Waals surface area contributed by atoms with Gasteiger partial charge >= 0.3 is 0 Å². The van der Waals surface area contributed by atoms with Gasteiger partial charge in [0.15, 0.2) is 0 Å². The first-order valence-electron chi connectivity index (χ1n) is 6.17. The lowest BCUT2D eigenvalue weighted by Crippen LogP contribution is -2.30. The van der Waals surface area contributed by atoms with Gasteiger partial charge in [-0.25, -0.2) is 4.39 Å². The molecule has 2 aromatic carbocycles. The molecule has 0 unspecified atom stereocenters. The third-order valence-electron chi connectivity index (χ3n) is 2.87. The van der Waals surface area contributed by atoms with Crippen molar-refractivity contribution in [3.63, 3.8) is 0 Å². The average molecular weight is 273 g/mol. The summed E-state index contributed by atoms with van der Waals surface area (Å²) in [5.74, 6) is -0.695. The Morgan fingerprint density at radius 3 is 2.65 bits per heavy atom. The molecule has 0 aliphatic rings. The fourth-order valence-corrected chi connectivity index (χ4v) is 1.82. The summed E-state index contributed by atoms with van der Waals surface area (Å²) in [6.07, 6.45) is 0. The van der Waals surface area contributed by atoms with E-state index in [0.29, 0.717) is 5.69 Å². The van der Waals surface area contributed by atoms with Crippen molar-refractivity contribution in [2.24, 2.45) is 0 Å². The smallest absolute Gasteiger partial charge is 0.243 e. The van der Waals surface area contributed by atoms with Crippen LogP contribution in [0.4, 0.5) is 21.5 Å². The predicted octanol–water partition coefficient (Wildman–Crippen LogP) is 2.48. The van der Waals surface area contributed by atoms with Crippen molar-refractivity contribution in [3.8, 4) is 0 Å². The van der Waals surface area contributed by atoms with Crippen LogP contribution in [0.5, 0.6) is 0 Å². The van der Waals surface area contributed by atoms with Gasteiger partial charge in [0.25, 0.3) is 0 Å². The van der Waals surface area contributed by atoms with Gasteiger partial charge in [0.2, 0.25) is 5.91 Å². The van der Waals surface area contributed by atoms with E-state index in [1.54, 1.807) is 4.90 Å². The van der Waals surface area contributed by atoms with Gasteiger partial charge in [0, 0.05) is 12.7 Å². The van der Waals surface area contributed by atoms with E-state index in [-0.39, 0.29) is 18.1 Å². The predicted molar refractivity (Wildman–Crippen MR) is 79.2 cm³/mol. The zero-order chi connectivity index (χ0) is 14.5. The molecule has 0 bridgehead atoms. The number of carbonyl (C=O) groups is 1. The maximum atomic E-state index is 13.1. The number of amides is 1. The zero-order valence-electron chi connectivity index (χ0n) is 11.1. The normalized spacial score (nSPS) is 10.1. The number of carbonyl (C=O) groups excluding carboxylic acids is 1. The molecule has 2 rings (SSSR count). The van der Waals surface area contributed by atoms with Crippen LogP contribution in [0.3, 0.4) is 0 Å². The second-order valence-corrected chi connectivity index (χ2v) is 4.47. The number of likely N-dealkylation sites (N-methyl/N-ethyl adjacent to an activating group) is 1. The highest BCUT2D eigenvalue weighted by Crippen LogP contribution is 2.19. The monoisotopic (exact) mass is 273 g/mol. The van der Waals surface area contributed by atoms with Crippen molar-refractivity contribution < 1.29 is 9.18 Å². The van der Waals surface area contributed by atoms with Gasteiger partial charge in [-0.3, -0.25) is 4.79 Å².